The summed E-state index contributed by atoms with van der Waals surface area (Å²) in [6.07, 6.45) is 3.98. The molecule has 0 aliphatic carbocycles. The topological polar surface area (TPSA) is 16.2 Å². The Bertz CT molecular complexity index is 1100. The van der Waals surface area contributed by atoms with E-state index in [1.807, 2.05) is 30.5 Å². The van der Waals surface area contributed by atoms with Gasteiger partial charge in [-0.2, -0.15) is 0 Å². The molecule has 0 saturated heterocycles. The third kappa shape index (κ3) is 3.14. The molecule has 0 spiro atoms. The predicted octanol–water partition coefficient (Wildman–Crippen LogP) is 5.39. The van der Waals surface area contributed by atoms with Crippen LogP contribution in [0.2, 0.25) is 0 Å². The first kappa shape index (κ1) is 16.2. The van der Waals surface area contributed by atoms with E-state index in [1.54, 1.807) is 0 Å². The molecule has 26 heavy (non-hydrogen) atoms. The monoisotopic (exact) mass is 337 g/mol. The zero-order chi connectivity index (χ0) is 17.9. The zero-order valence-corrected chi connectivity index (χ0v) is 15.1. The first-order valence-corrected chi connectivity index (χ1v) is 8.80. The van der Waals surface area contributed by atoms with E-state index in [1.165, 1.54) is 21.9 Å². The number of hydrogen-bond donors (Lipinski definition) is 0. The van der Waals surface area contributed by atoms with Gasteiger partial charge in [0.25, 0.3) is 0 Å². The summed E-state index contributed by atoms with van der Waals surface area (Å²) in [4.78, 5) is 4.66. The smallest absolute Gasteiger partial charge is 0.214 e. The first-order valence-electron chi connectivity index (χ1n) is 8.80. The molecule has 0 bridgehead atoms. The maximum absolute atomic E-state index is 4.66. The van der Waals surface area contributed by atoms with Crippen LogP contribution in [0.1, 0.15) is 11.1 Å². The molecule has 0 unspecified atom stereocenters. The zero-order valence-electron chi connectivity index (χ0n) is 15.1. The minimum Gasteiger partial charge on any atom is -0.256 e. The van der Waals surface area contributed by atoms with Crippen molar-refractivity contribution in [3.05, 3.63) is 96.2 Å². The number of hydrogen-bond acceptors (Lipinski definition) is 1. The second kappa shape index (κ2) is 6.93. The van der Waals surface area contributed by atoms with Crippen molar-refractivity contribution in [1.29, 1.82) is 0 Å². The summed E-state index contributed by atoms with van der Waals surface area (Å²) in [5.74, 6) is 0. The lowest BCUT2D eigenvalue weighted by atomic mass is 9.97. The summed E-state index contributed by atoms with van der Waals surface area (Å²) < 4.78 is 2.15. The summed E-state index contributed by atoms with van der Waals surface area (Å²) in [6, 6.07) is 27.3. The van der Waals surface area contributed by atoms with Gasteiger partial charge in [-0.1, -0.05) is 60.7 Å². The van der Waals surface area contributed by atoms with Crippen LogP contribution in [-0.2, 0) is 7.05 Å². The van der Waals surface area contributed by atoms with Crippen molar-refractivity contribution in [1.82, 2.24) is 0 Å². The molecule has 0 N–H and O–H groups in total. The molecule has 126 valence electrons. The molecular formula is C24H21N2+. The fourth-order valence-corrected chi connectivity index (χ4v) is 3.30. The number of rotatable bonds is 3. The molecule has 4 rings (SSSR count). The maximum atomic E-state index is 4.66. The van der Waals surface area contributed by atoms with E-state index < -0.39 is 0 Å². The van der Waals surface area contributed by atoms with Gasteiger partial charge in [-0.25, -0.2) is 4.57 Å². The second-order valence-electron chi connectivity index (χ2n) is 6.51. The molecule has 2 heteroatoms. The highest BCUT2D eigenvalue weighted by molar-refractivity contribution is 5.91. The largest absolute Gasteiger partial charge is 0.256 e. The van der Waals surface area contributed by atoms with Gasteiger partial charge in [-0.3, -0.25) is 4.99 Å². The van der Waals surface area contributed by atoms with Gasteiger partial charge in [-0.05, 0) is 34.9 Å². The standard InChI is InChI=1S/C24H21N2/c1-18-22-11-7-6-10-20(22)12-13-23(18)24-16-21(14-15-26(24)2)25-17-19-8-4-3-5-9-19/h3-17H,1-2H3/q+1. The molecule has 2 nitrogen and oxygen atoms in total. The summed E-state index contributed by atoms with van der Waals surface area (Å²) in [5.41, 5.74) is 5.75. The number of aromatic nitrogens is 1. The highest BCUT2D eigenvalue weighted by atomic mass is 14.9. The van der Waals surface area contributed by atoms with Gasteiger partial charge >= 0.3 is 0 Å². The molecule has 3 aromatic carbocycles. The number of benzene rings is 3. The van der Waals surface area contributed by atoms with Crippen LogP contribution in [0.4, 0.5) is 5.69 Å². The van der Waals surface area contributed by atoms with Crippen LogP contribution >= 0.6 is 0 Å². The highest BCUT2D eigenvalue weighted by Crippen LogP contribution is 2.29. The Kier molecular flexibility index (Phi) is 4.32. The summed E-state index contributed by atoms with van der Waals surface area (Å²) in [7, 11) is 2.08. The molecule has 0 amide bonds. The van der Waals surface area contributed by atoms with Crippen LogP contribution in [0, 0.1) is 6.92 Å². The number of nitrogens with zero attached hydrogens (tertiary/aromatic N) is 2. The van der Waals surface area contributed by atoms with Crippen molar-refractivity contribution < 1.29 is 4.57 Å². The van der Waals surface area contributed by atoms with Crippen LogP contribution in [0.25, 0.3) is 22.0 Å². The Balaban J connectivity index is 1.78. The van der Waals surface area contributed by atoms with E-state index in [0.717, 1.165) is 16.9 Å². The van der Waals surface area contributed by atoms with E-state index in [9.17, 15) is 0 Å². The van der Waals surface area contributed by atoms with Gasteiger partial charge in [0.2, 0.25) is 5.69 Å². The minimum atomic E-state index is 0.953. The molecule has 0 atom stereocenters. The fraction of sp³-hybridized carbons (Fsp3) is 0.0833. The van der Waals surface area contributed by atoms with Crippen molar-refractivity contribution >= 4 is 22.7 Å². The quantitative estimate of drug-likeness (QED) is 0.352. The van der Waals surface area contributed by atoms with Crippen LogP contribution in [0.3, 0.4) is 0 Å². The van der Waals surface area contributed by atoms with E-state index >= 15 is 0 Å². The van der Waals surface area contributed by atoms with E-state index in [4.69, 9.17) is 0 Å². The lowest BCUT2D eigenvalue weighted by Crippen LogP contribution is -2.30. The lowest BCUT2D eigenvalue weighted by molar-refractivity contribution is -0.660. The number of fused-ring (bicyclic) bond motifs is 1. The molecule has 0 saturated carbocycles. The van der Waals surface area contributed by atoms with Crippen molar-refractivity contribution in [2.24, 2.45) is 12.0 Å². The van der Waals surface area contributed by atoms with Gasteiger partial charge in [0.15, 0.2) is 6.20 Å². The predicted molar refractivity (Wildman–Crippen MR) is 109 cm³/mol. The van der Waals surface area contributed by atoms with E-state index in [-0.39, 0.29) is 0 Å². The Morgan fingerprint density at radius 2 is 1.62 bits per heavy atom. The van der Waals surface area contributed by atoms with Crippen LogP contribution in [0.5, 0.6) is 0 Å². The Labute approximate surface area is 154 Å². The Morgan fingerprint density at radius 1 is 0.846 bits per heavy atom. The van der Waals surface area contributed by atoms with E-state index in [0.29, 0.717) is 0 Å². The van der Waals surface area contributed by atoms with Crippen LogP contribution in [0.15, 0.2) is 90.1 Å². The Morgan fingerprint density at radius 3 is 2.46 bits per heavy atom. The average Bonchev–Trinajstić information content (AvgIpc) is 2.69. The molecular weight excluding hydrogens is 316 g/mol. The van der Waals surface area contributed by atoms with Gasteiger partial charge in [0.05, 0.1) is 5.69 Å². The Hall–Kier alpha value is -3.26. The molecule has 1 aromatic heterocycles. The normalized spacial score (nSPS) is 11.3. The average molecular weight is 337 g/mol. The maximum Gasteiger partial charge on any atom is 0.214 e. The fourth-order valence-electron chi connectivity index (χ4n) is 3.30. The molecule has 1 heterocycles. The number of aryl methyl sites for hydroxylation is 2. The summed E-state index contributed by atoms with van der Waals surface area (Å²) in [5, 5.41) is 2.57. The highest BCUT2D eigenvalue weighted by Gasteiger charge is 2.14. The first-order chi connectivity index (χ1) is 12.7. The molecule has 0 aliphatic rings. The van der Waals surface area contributed by atoms with Crippen LogP contribution < -0.4 is 4.57 Å². The van der Waals surface area contributed by atoms with Gasteiger partial charge in [-0.15, -0.1) is 0 Å². The molecule has 0 radical (unpaired) electrons. The lowest BCUT2D eigenvalue weighted by Gasteiger charge is -2.08. The van der Waals surface area contributed by atoms with Crippen molar-refractivity contribution in [2.45, 2.75) is 6.92 Å². The SMILES string of the molecule is Cc1c(-c2cc(N=Cc3ccccc3)cc[n+]2C)ccc2ccccc12. The molecule has 0 fully saturated rings. The van der Waals surface area contributed by atoms with E-state index in [2.05, 4.69) is 84.3 Å². The second-order valence-corrected chi connectivity index (χ2v) is 6.51. The van der Waals surface area contributed by atoms with Gasteiger partial charge < -0.3 is 0 Å². The van der Waals surface area contributed by atoms with Gasteiger partial charge in [0.1, 0.15) is 7.05 Å². The summed E-state index contributed by atoms with van der Waals surface area (Å²) >= 11 is 0. The van der Waals surface area contributed by atoms with Gasteiger partial charge in [0, 0.05) is 23.9 Å². The van der Waals surface area contributed by atoms with Crippen LogP contribution in [-0.4, -0.2) is 6.21 Å². The van der Waals surface area contributed by atoms with Crippen molar-refractivity contribution in [2.75, 3.05) is 0 Å². The third-order valence-electron chi connectivity index (χ3n) is 4.77. The number of pyridine rings is 1. The summed E-state index contributed by atoms with van der Waals surface area (Å²) in [6.45, 7) is 2.19. The van der Waals surface area contributed by atoms with Crippen molar-refractivity contribution in [3.63, 3.8) is 0 Å². The number of aliphatic imine (C=N–C) groups is 1. The minimum absolute atomic E-state index is 0.953. The molecule has 4 aromatic rings. The third-order valence-corrected chi connectivity index (χ3v) is 4.77. The molecule has 0 aliphatic heterocycles. The van der Waals surface area contributed by atoms with Crippen molar-refractivity contribution in [3.8, 4) is 11.3 Å².